The SMILES string of the molecule is CC(C)N=c1ccccn1C(=O)CN(C)S(=O)(=O)c1ccc2ccccc2c1. The van der Waals surface area contributed by atoms with Crippen molar-refractivity contribution < 1.29 is 13.2 Å². The number of carbonyl (C=O) groups is 1. The molecular weight excluding hydrogens is 374 g/mol. The van der Waals surface area contributed by atoms with Gasteiger partial charge in [-0.05, 0) is 48.9 Å². The second-order valence-electron chi connectivity index (χ2n) is 6.82. The van der Waals surface area contributed by atoms with E-state index >= 15 is 0 Å². The minimum absolute atomic E-state index is 0.0144. The molecule has 0 N–H and O–H groups in total. The molecule has 0 bridgehead atoms. The van der Waals surface area contributed by atoms with Gasteiger partial charge in [0.05, 0.1) is 11.4 Å². The molecule has 6 nitrogen and oxygen atoms in total. The zero-order valence-corrected chi connectivity index (χ0v) is 16.9. The maximum Gasteiger partial charge on any atom is 0.247 e. The summed E-state index contributed by atoms with van der Waals surface area (Å²) in [6, 6.07) is 17.8. The first-order valence-corrected chi connectivity index (χ1v) is 10.4. The molecule has 2 aromatic carbocycles. The van der Waals surface area contributed by atoms with Crippen molar-refractivity contribution in [2.45, 2.75) is 24.8 Å². The Balaban J connectivity index is 1.89. The van der Waals surface area contributed by atoms with Crippen molar-refractivity contribution in [3.05, 3.63) is 72.3 Å². The van der Waals surface area contributed by atoms with Crippen LogP contribution >= 0.6 is 0 Å². The highest BCUT2D eigenvalue weighted by molar-refractivity contribution is 7.89. The van der Waals surface area contributed by atoms with Gasteiger partial charge in [-0.25, -0.2) is 8.42 Å². The molecule has 0 saturated carbocycles. The predicted molar refractivity (Wildman–Crippen MR) is 110 cm³/mol. The van der Waals surface area contributed by atoms with Gasteiger partial charge in [-0.2, -0.15) is 4.31 Å². The fourth-order valence-corrected chi connectivity index (χ4v) is 4.03. The van der Waals surface area contributed by atoms with Gasteiger partial charge >= 0.3 is 0 Å². The summed E-state index contributed by atoms with van der Waals surface area (Å²) >= 11 is 0. The number of carbonyl (C=O) groups excluding carboxylic acids is 1. The Morgan fingerprint density at radius 3 is 2.43 bits per heavy atom. The number of sulfonamides is 1. The molecule has 3 aromatic rings. The van der Waals surface area contributed by atoms with E-state index in [0.29, 0.717) is 5.49 Å². The molecule has 1 heterocycles. The Bertz CT molecular complexity index is 1180. The number of benzene rings is 2. The number of hydrogen-bond donors (Lipinski definition) is 0. The minimum Gasteiger partial charge on any atom is -0.273 e. The number of rotatable bonds is 5. The van der Waals surface area contributed by atoms with Crippen LogP contribution in [-0.2, 0) is 10.0 Å². The second-order valence-corrected chi connectivity index (χ2v) is 8.86. The second kappa shape index (κ2) is 8.08. The summed E-state index contributed by atoms with van der Waals surface area (Å²) in [7, 11) is -2.39. The van der Waals surface area contributed by atoms with Crippen LogP contribution in [0.3, 0.4) is 0 Å². The molecular formula is C21H23N3O3S. The number of pyridine rings is 1. The monoisotopic (exact) mass is 397 g/mol. The molecule has 3 rings (SSSR count). The number of hydrogen-bond acceptors (Lipinski definition) is 4. The summed E-state index contributed by atoms with van der Waals surface area (Å²) in [4.78, 5) is 17.3. The topological polar surface area (TPSA) is 71.7 Å². The minimum atomic E-state index is -3.80. The highest BCUT2D eigenvalue weighted by Crippen LogP contribution is 2.21. The third kappa shape index (κ3) is 4.21. The van der Waals surface area contributed by atoms with E-state index in [1.807, 2.05) is 38.1 Å². The van der Waals surface area contributed by atoms with Crippen LogP contribution in [0.4, 0.5) is 0 Å². The van der Waals surface area contributed by atoms with Gasteiger partial charge in [0.1, 0.15) is 5.49 Å². The van der Waals surface area contributed by atoms with Crippen LogP contribution in [0.2, 0.25) is 0 Å². The quantitative estimate of drug-likeness (QED) is 0.665. The molecule has 0 atom stereocenters. The van der Waals surface area contributed by atoms with E-state index in [2.05, 4.69) is 4.99 Å². The number of fused-ring (bicyclic) bond motifs is 1. The van der Waals surface area contributed by atoms with Gasteiger partial charge in [0.2, 0.25) is 15.9 Å². The maximum atomic E-state index is 12.9. The Hall–Kier alpha value is -2.77. The zero-order valence-electron chi connectivity index (χ0n) is 16.1. The Labute approximate surface area is 164 Å². The van der Waals surface area contributed by atoms with Gasteiger partial charge in [0.15, 0.2) is 0 Å². The molecule has 146 valence electrons. The summed E-state index contributed by atoms with van der Waals surface area (Å²) in [6.45, 7) is 3.54. The van der Waals surface area contributed by atoms with Crippen molar-refractivity contribution in [3.63, 3.8) is 0 Å². The van der Waals surface area contributed by atoms with Crippen molar-refractivity contribution in [2.24, 2.45) is 4.99 Å². The first kappa shape index (κ1) is 20.0. The molecule has 0 amide bonds. The van der Waals surface area contributed by atoms with Crippen molar-refractivity contribution >= 4 is 26.7 Å². The summed E-state index contributed by atoms with van der Waals surface area (Å²) < 4.78 is 28.3. The Morgan fingerprint density at radius 2 is 1.71 bits per heavy atom. The molecule has 0 saturated heterocycles. The predicted octanol–water partition coefficient (Wildman–Crippen LogP) is 2.91. The normalized spacial score (nSPS) is 12.8. The highest BCUT2D eigenvalue weighted by Gasteiger charge is 2.24. The van der Waals surface area contributed by atoms with E-state index in [1.54, 1.807) is 42.6 Å². The average Bonchev–Trinajstić information content (AvgIpc) is 2.67. The lowest BCUT2D eigenvalue weighted by Gasteiger charge is -2.17. The molecule has 0 aliphatic heterocycles. The van der Waals surface area contributed by atoms with Crippen LogP contribution in [0.1, 0.15) is 18.6 Å². The van der Waals surface area contributed by atoms with Crippen LogP contribution in [0.15, 0.2) is 76.7 Å². The van der Waals surface area contributed by atoms with Crippen molar-refractivity contribution in [1.29, 1.82) is 0 Å². The molecule has 28 heavy (non-hydrogen) atoms. The van der Waals surface area contributed by atoms with E-state index < -0.39 is 10.0 Å². The Morgan fingerprint density at radius 1 is 1.04 bits per heavy atom. The summed E-state index contributed by atoms with van der Waals surface area (Å²) in [5.41, 5.74) is 0.499. The third-order valence-corrected chi connectivity index (χ3v) is 6.08. The van der Waals surface area contributed by atoms with Crippen molar-refractivity contribution in [2.75, 3.05) is 13.6 Å². The largest absolute Gasteiger partial charge is 0.273 e. The highest BCUT2D eigenvalue weighted by atomic mass is 32.2. The van der Waals surface area contributed by atoms with Crippen molar-refractivity contribution in [1.82, 2.24) is 8.87 Å². The number of nitrogens with zero attached hydrogens (tertiary/aromatic N) is 3. The molecule has 1 aromatic heterocycles. The summed E-state index contributed by atoms with van der Waals surface area (Å²) in [5, 5.41) is 1.79. The fourth-order valence-electron chi connectivity index (χ4n) is 2.87. The average molecular weight is 398 g/mol. The van der Waals surface area contributed by atoms with Gasteiger partial charge in [0, 0.05) is 19.3 Å². The standard InChI is InChI=1S/C21H23N3O3S/c1-16(2)22-20-10-6-7-13-24(20)21(25)15-23(3)28(26,27)19-12-11-17-8-4-5-9-18(17)14-19/h4-14,16H,15H2,1-3H3. The van der Waals surface area contributed by atoms with Crippen molar-refractivity contribution in [3.8, 4) is 0 Å². The molecule has 0 fully saturated rings. The van der Waals surface area contributed by atoms with E-state index in [0.717, 1.165) is 15.1 Å². The van der Waals surface area contributed by atoms with Crippen LogP contribution in [0.5, 0.6) is 0 Å². The summed E-state index contributed by atoms with van der Waals surface area (Å²) in [5.74, 6) is -0.369. The van der Waals surface area contributed by atoms with Crippen LogP contribution in [-0.4, -0.2) is 42.8 Å². The lowest BCUT2D eigenvalue weighted by molar-refractivity contribution is 0.0887. The van der Waals surface area contributed by atoms with E-state index in [4.69, 9.17) is 0 Å². The molecule has 0 spiro atoms. The Kier molecular flexibility index (Phi) is 5.76. The van der Waals surface area contributed by atoms with Crippen LogP contribution in [0.25, 0.3) is 10.8 Å². The first-order valence-electron chi connectivity index (χ1n) is 8.99. The van der Waals surface area contributed by atoms with Gasteiger partial charge in [0.25, 0.3) is 0 Å². The van der Waals surface area contributed by atoms with Gasteiger partial charge in [-0.3, -0.25) is 14.4 Å². The third-order valence-electron chi connectivity index (χ3n) is 4.28. The lowest BCUT2D eigenvalue weighted by atomic mass is 10.1. The number of aromatic nitrogens is 1. The molecule has 0 aliphatic rings. The zero-order chi connectivity index (χ0) is 20.3. The fraction of sp³-hybridized carbons (Fsp3) is 0.238. The molecule has 0 radical (unpaired) electrons. The lowest BCUT2D eigenvalue weighted by Crippen LogP contribution is -2.38. The van der Waals surface area contributed by atoms with E-state index in [9.17, 15) is 13.2 Å². The smallest absolute Gasteiger partial charge is 0.247 e. The van der Waals surface area contributed by atoms with Gasteiger partial charge < -0.3 is 0 Å². The van der Waals surface area contributed by atoms with Gasteiger partial charge in [-0.15, -0.1) is 0 Å². The van der Waals surface area contributed by atoms with Crippen LogP contribution < -0.4 is 5.49 Å². The molecule has 7 heteroatoms. The molecule has 0 unspecified atom stereocenters. The maximum absolute atomic E-state index is 12.9. The van der Waals surface area contributed by atoms with Gasteiger partial charge in [-0.1, -0.05) is 36.4 Å². The van der Waals surface area contributed by atoms with E-state index in [1.165, 1.54) is 11.6 Å². The molecule has 0 aliphatic carbocycles. The summed E-state index contributed by atoms with van der Waals surface area (Å²) in [6.07, 6.45) is 1.60. The van der Waals surface area contributed by atoms with E-state index in [-0.39, 0.29) is 23.4 Å². The first-order chi connectivity index (χ1) is 13.3. The number of likely N-dealkylation sites (N-methyl/N-ethyl adjacent to an activating group) is 1. The van der Waals surface area contributed by atoms with Crippen LogP contribution in [0, 0.1) is 0 Å².